The summed E-state index contributed by atoms with van der Waals surface area (Å²) in [6.45, 7) is 2.06. The van der Waals surface area contributed by atoms with Crippen LogP contribution in [0.1, 0.15) is 12.5 Å². The van der Waals surface area contributed by atoms with Crippen LogP contribution in [0.25, 0.3) is 6.08 Å². The first kappa shape index (κ1) is 25.0. The Morgan fingerprint density at radius 1 is 1.00 bits per heavy atom. The zero-order chi connectivity index (χ0) is 23.9. The number of amides is 1. The summed E-state index contributed by atoms with van der Waals surface area (Å²) in [6, 6.07) is 7.85. The quantitative estimate of drug-likeness (QED) is 0.539. The maximum Gasteiger partial charge on any atom is 0.248 e. The fourth-order valence-electron chi connectivity index (χ4n) is 2.81. The topological polar surface area (TPSA) is 103 Å². The van der Waals surface area contributed by atoms with E-state index in [0.717, 1.165) is 4.31 Å². The number of rotatable bonds is 10. The van der Waals surface area contributed by atoms with Gasteiger partial charge >= 0.3 is 0 Å². The number of anilines is 1. The van der Waals surface area contributed by atoms with Gasteiger partial charge in [-0.3, -0.25) is 4.79 Å². The molecule has 0 aliphatic heterocycles. The molecule has 0 bridgehead atoms. The Morgan fingerprint density at radius 3 is 2.12 bits per heavy atom. The van der Waals surface area contributed by atoms with E-state index in [-0.39, 0.29) is 10.6 Å². The number of methoxy groups -OCH3 is 3. The summed E-state index contributed by atoms with van der Waals surface area (Å²) < 4.78 is 47.7. The SMILES string of the molecule is CCOc1ccc(NC(=O)/C=C/c2cc(OC)c(OC)c(OC)c2)cc1S(=O)(=O)N(C)C. The molecule has 0 heterocycles. The maximum absolute atomic E-state index is 12.6. The summed E-state index contributed by atoms with van der Waals surface area (Å²) >= 11 is 0. The van der Waals surface area contributed by atoms with Crippen molar-refractivity contribution in [2.45, 2.75) is 11.8 Å². The van der Waals surface area contributed by atoms with Gasteiger partial charge in [-0.25, -0.2) is 12.7 Å². The Balaban J connectivity index is 2.29. The fraction of sp³-hybridized carbons (Fsp3) is 0.318. The van der Waals surface area contributed by atoms with Crippen LogP contribution in [0.15, 0.2) is 41.3 Å². The van der Waals surface area contributed by atoms with Crippen molar-refractivity contribution in [1.29, 1.82) is 0 Å². The largest absolute Gasteiger partial charge is 0.493 e. The molecule has 0 saturated heterocycles. The zero-order valence-corrected chi connectivity index (χ0v) is 19.8. The molecule has 32 heavy (non-hydrogen) atoms. The summed E-state index contributed by atoms with van der Waals surface area (Å²) in [7, 11) is 3.60. The van der Waals surface area contributed by atoms with Gasteiger partial charge in [-0.15, -0.1) is 0 Å². The van der Waals surface area contributed by atoms with E-state index in [1.54, 1.807) is 31.2 Å². The summed E-state index contributed by atoms with van der Waals surface area (Å²) in [4.78, 5) is 12.4. The van der Waals surface area contributed by atoms with Gasteiger partial charge in [0, 0.05) is 25.9 Å². The number of carbonyl (C=O) groups is 1. The molecule has 0 aliphatic rings. The number of ether oxygens (including phenoxy) is 4. The molecule has 0 atom stereocenters. The lowest BCUT2D eigenvalue weighted by molar-refractivity contribution is -0.111. The van der Waals surface area contributed by atoms with Crippen molar-refractivity contribution < 1.29 is 32.2 Å². The molecular weight excluding hydrogens is 436 g/mol. The van der Waals surface area contributed by atoms with Gasteiger partial charge < -0.3 is 24.3 Å². The molecule has 2 aromatic rings. The average molecular weight is 465 g/mol. The van der Waals surface area contributed by atoms with Crippen LogP contribution < -0.4 is 24.3 Å². The van der Waals surface area contributed by atoms with Crippen LogP contribution in [0, 0.1) is 0 Å². The number of hydrogen-bond donors (Lipinski definition) is 1. The van der Waals surface area contributed by atoms with Crippen molar-refractivity contribution in [1.82, 2.24) is 4.31 Å². The third-order valence-corrected chi connectivity index (χ3v) is 6.22. The van der Waals surface area contributed by atoms with Crippen molar-refractivity contribution in [3.8, 4) is 23.0 Å². The molecule has 0 radical (unpaired) electrons. The maximum atomic E-state index is 12.6. The average Bonchev–Trinajstić information content (AvgIpc) is 2.77. The molecule has 2 rings (SSSR count). The minimum atomic E-state index is -3.77. The highest BCUT2D eigenvalue weighted by molar-refractivity contribution is 7.89. The summed E-state index contributed by atoms with van der Waals surface area (Å²) in [6.07, 6.45) is 2.89. The minimum absolute atomic E-state index is 0.0317. The minimum Gasteiger partial charge on any atom is -0.493 e. The molecule has 0 fully saturated rings. The molecule has 1 N–H and O–H groups in total. The molecule has 10 heteroatoms. The molecule has 1 amide bonds. The number of hydrogen-bond acceptors (Lipinski definition) is 7. The predicted molar refractivity (Wildman–Crippen MR) is 122 cm³/mol. The van der Waals surface area contributed by atoms with E-state index in [2.05, 4.69) is 5.32 Å². The van der Waals surface area contributed by atoms with Gasteiger partial charge in [0.15, 0.2) is 11.5 Å². The third kappa shape index (κ3) is 5.71. The van der Waals surface area contributed by atoms with Gasteiger partial charge in [0.1, 0.15) is 10.6 Å². The summed E-state index contributed by atoms with van der Waals surface area (Å²) in [5, 5.41) is 2.66. The molecule has 174 valence electrons. The second kappa shape index (κ2) is 10.9. The van der Waals surface area contributed by atoms with Gasteiger partial charge in [-0.05, 0) is 48.9 Å². The first-order valence-electron chi connectivity index (χ1n) is 9.66. The first-order chi connectivity index (χ1) is 15.2. The van der Waals surface area contributed by atoms with E-state index in [0.29, 0.717) is 35.1 Å². The van der Waals surface area contributed by atoms with Crippen LogP contribution >= 0.6 is 0 Å². The number of nitrogens with one attached hydrogen (secondary N) is 1. The number of benzene rings is 2. The van der Waals surface area contributed by atoms with E-state index in [1.807, 2.05) is 0 Å². The second-order valence-electron chi connectivity index (χ2n) is 6.66. The highest BCUT2D eigenvalue weighted by Crippen LogP contribution is 2.38. The van der Waals surface area contributed by atoms with Crippen molar-refractivity contribution in [2.24, 2.45) is 0 Å². The number of nitrogens with zero attached hydrogens (tertiary/aromatic N) is 1. The predicted octanol–water partition coefficient (Wildman–Crippen LogP) is 3.01. The van der Waals surface area contributed by atoms with Gasteiger partial charge in [-0.1, -0.05) is 0 Å². The lowest BCUT2D eigenvalue weighted by atomic mass is 10.1. The van der Waals surface area contributed by atoms with Crippen molar-refractivity contribution in [2.75, 3.05) is 47.3 Å². The van der Waals surface area contributed by atoms with Gasteiger partial charge in [0.05, 0.1) is 27.9 Å². The Hall–Kier alpha value is -3.24. The molecule has 2 aromatic carbocycles. The molecular formula is C22H28N2O7S. The van der Waals surface area contributed by atoms with Crippen molar-refractivity contribution in [3.63, 3.8) is 0 Å². The van der Waals surface area contributed by atoms with E-state index < -0.39 is 15.9 Å². The highest BCUT2D eigenvalue weighted by Gasteiger charge is 2.23. The molecule has 0 saturated carbocycles. The van der Waals surface area contributed by atoms with E-state index in [4.69, 9.17) is 18.9 Å². The molecule has 0 unspecified atom stereocenters. The molecule has 0 spiro atoms. The lowest BCUT2D eigenvalue weighted by Gasteiger charge is -2.16. The zero-order valence-electron chi connectivity index (χ0n) is 19.0. The fourth-order valence-corrected chi connectivity index (χ4v) is 3.86. The molecule has 0 aliphatic carbocycles. The lowest BCUT2D eigenvalue weighted by Crippen LogP contribution is -2.23. The van der Waals surface area contributed by atoms with E-state index in [1.165, 1.54) is 53.6 Å². The Labute approximate surface area is 188 Å². The van der Waals surface area contributed by atoms with E-state index >= 15 is 0 Å². The Morgan fingerprint density at radius 2 is 1.62 bits per heavy atom. The number of sulfonamides is 1. The molecule has 0 aromatic heterocycles. The monoisotopic (exact) mass is 464 g/mol. The third-order valence-electron chi connectivity index (χ3n) is 4.38. The smallest absolute Gasteiger partial charge is 0.248 e. The van der Waals surface area contributed by atoms with Gasteiger partial charge in [0.2, 0.25) is 21.7 Å². The standard InChI is InChI=1S/C22H28N2O7S/c1-7-31-17-10-9-16(14-20(17)32(26,27)24(2)3)23-21(25)11-8-15-12-18(28-4)22(30-6)19(13-15)29-5/h8-14H,7H2,1-6H3,(H,23,25)/b11-8+. The normalized spacial score (nSPS) is 11.5. The van der Waals surface area contributed by atoms with Crippen LogP contribution in [0.5, 0.6) is 23.0 Å². The van der Waals surface area contributed by atoms with E-state index in [9.17, 15) is 13.2 Å². The van der Waals surface area contributed by atoms with Crippen LogP contribution in [0.2, 0.25) is 0 Å². The van der Waals surface area contributed by atoms with Gasteiger partial charge in [0.25, 0.3) is 0 Å². The molecule has 9 nitrogen and oxygen atoms in total. The Bertz CT molecular complexity index is 1070. The summed E-state index contributed by atoms with van der Waals surface area (Å²) in [5.74, 6) is 1.12. The number of carbonyl (C=O) groups excluding carboxylic acids is 1. The first-order valence-corrected chi connectivity index (χ1v) is 11.1. The Kier molecular flexibility index (Phi) is 8.50. The van der Waals surface area contributed by atoms with Gasteiger partial charge in [-0.2, -0.15) is 0 Å². The van der Waals surface area contributed by atoms with Crippen LogP contribution in [-0.2, 0) is 14.8 Å². The second-order valence-corrected chi connectivity index (χ2v) is 8.78. The summed E-state index contributed by atoms with van der Waals surface area (Å²) in [5.41, 5.74) is 0.964. The highest BCUT2D eigenvalue weighted by atomic mass is 32.2. The van der Waals surface area contributed by atoms with Crippen LogP contribution in [0.4, 0.5) is 5.69 Å². The van der Waals surface area contributed by atoms with Crippen LogP contribution in [0.3, 0.4) is 0 Å². The van der Waals surface area contributed by atoms with Crippen molar-refractivity contribution in [3.05, 3.63) is 42.0 Å². The van der Waals surface area contributed by atoms with Crippen molar-refractivity contribution >= 4 is 27.7 Å². The van der Waals surface area contributed by atoms with Crippen LogP contribution in [-0.4, -0.2) is 60.7 Å².